The molecule has 0 saturated carbocycles. The molecule has 6 heteroatoms. The Bertz CT molecular complexity index is 495. The molecular formula is C17H26ClFN2O2. The number of rotatable bonds is 6. The van der Waals surface area contributed by atoms with Crippen molar-refractivity contribution in [3.63, 3.8) is 0 Å². The van der Waals surface area contributed by atoms with Crippen LogP contribution in [0.25, 0.3) is 0 Å². The highest BCUT2D eigenvalue weighted by molar-refractivity contribution is 5.85. The van der Waals surface area contributed by atoms with E-state index in [1.54, 1.807) is 12.1 Å². The number of hydrogen-bond donors (Lipinski definition) is 3. The summed E-state index contributed by atoms with van der Waals surface area (Å²) < 4.78 is 13.1. The minimum Gasteiger partial charge on any atom is -0.387 e. The molecule has 2 atom stereocenters. The Hall–Kier alpha value is -1.17. The van der Waals surface area contributed by atoms with Crippen molar-refractivity contribution >= 4 is 18.3 Å². The standard InChI is InChI=1S/C17H25FN2O2.ClH/c1-12(13-5-7-19-8-6-13)9-17(22)20-11-16(21)14-3-2-4-15(18)10-14;/h2-4,10,12-13,16,19,21H,5-9,11H2,1H3,(H,20,22);1H. The predicted octanol–water partition coefficient (Wildman–Crippen LogP) is 2.42. The van der Waals surface area contributed by atoms with E-state index >= 15 is 0 Å². The van der Waals surface area contributed by atoms with Gasteiger partial charge in [-0.25, -0.2) is 4.39 Å². The lowest BCUT2D eigenvalue weighted by atomic mass is 9.84. The van der Waals surface area contributed by atoms with Crippen molar-refractivity contribution in [1.29, 1.82) is 0 Å². The van der Waals surface area contributed by atoms with Gasteiger partial charge in [0, 0.05) is 13.0 Å². The van der Waals surface area contributed by atoms with Gasteiger partial charge in [-0.15, -0.1) is 12.4 Å². The Kier molecular flexibility index (Phi) is 8.52. The minimum atomic E-state index is -0.881. The lowest BCUT2D eigenvalue weighted by molar-refractivity contribution is -0.122. The molecule has 0 bridgehead atoms. The smallest absolute Gasteiger partial charge is 0.220 e. The van der Waals surface area contributed by atoms with Crippen LogP contribution in [-0.2, 0) is 4.79 Å². The predicted molar refractivity (Wildman–Crippen MR) is 91.0 cm³/mol. The Morgan fingerprint density at radius 2 is 2.13 bits per heavy atom. The number of carbonyl (C=O) groups excluding carboxylic acids is 1. The molecule has 1 amide bonds. The van der Waals surface area contributed by atoms with Crippen LogP contribution < -0.4 is 10.6 Å². The lowest BCUT2D eigenvalue weighted by Crippen LogP contribution is -2.34. The van der Waals surface area contributed by atoms with Gasteiger partial charge in [0.1, 0.15) is 5.82 Å². The second-order valence-corrected chi connectivity index (χ2v) is 6.14. The van der Waals surface area contributed by atoms with Crippen LogP contribution in [0.4, 0.5) is 4.39 Å². The van der Waals surface area contributed by atoms with Gasteiger partial charge < -0.3 is 15.7 Å². The quantitative estimate of drug-likeness (QED) is 0.742. The molecule has 0 aromatic heterocycles. The fourth-order valence-corrected chi connectivity index (χ4v) is 2.99. The van der Waals surface area contributed by atoms with E-state index in [0.29, 0.717) is 23.8 Å². The third kappa shape index (κ3) is 6.45. The molecule has 1 fully saturated rings. The van der Waals surface area contributed by atoms with Gasteiger partial charge in [-0.3, -0.25) is 4.79 Å². The van der Waals surface area contributed by atoms with Crippen molar-refractivity contribution in [3.05, 3.63) is 35.6 Å². The molecule has 1 aliphatic heterocycles. The zero-order valence-electron chi connectivity index (χ0n) is 13.4. The summed E-state index contributed by atoms with van der Waals surface area (Å²) in [5.74, 6) is 0.484. The molecule has 1 aliphatic rings. The second-order valence-electron chi connectivity index (χ2n) is 6.14. The number of halogens is 2. The number of amides is 1. The number of hydrogen-bond acceptors (Lipinski definition) is 3. The highest BCUT2D eigenvalue weighted by Gasteiger charge is 2.22. The largest absolute Gasteiger partial charge is 0.387 e. The maximum Gasteiger partial charge on any atom is 0.220 e. The number of piperidine rings is 1. The number of carbonyl (C=O) groups is 1. The van der Waals surface area contributed by atoms with Crippen molar-refractivity contribution in [2.24, 2.45) is 11.8 Å². The summed E-state index contributed by atoms with van der Waals surface area (Å²) >= 11 is 0. The molecule has 1 aromatic rings. The normalized spacial score (nSPS) is 17.9. The van der Waals surface area contributed by atoms with Crippen LogP contribution in [0.5, 0.6) is 0 Å². The van der Waals surface area contributed by atoms with Crippen molar-refractivity contribution in [1.82, 2.24) is 10.6 Å². The van der Waals surface area contributed by atoms with Crippen molar-refractivity contribution in [2.45, 2.75) is 32.3 Å². The van der Waals surface area contributed by atoms with Gasteiger partial charge in [-0.05, 0) is 55.5 Å². The maximum absolute atomic E-state index is 13.1. The van der Waals surface area contributed by atoms with Crippen LogP contribution in [0.2, 0.25) is 0 Å². The van der Waals surface area contributed by atoms with E-state index in [4.69, 9.17) is 0 Å². The highest BCUT2D eigenvalue weighted by atomic mass is 35.5. The van der Waals surface area contributed by atoms with Crippen LogP contribution in [0.1, 0.15) is 37.9 Å². The van der Waals surface area contributed by atoms with Crippen LogP contribution in [0.15, 0.2) is 24.3 Å². The summed E-state index contributed by atoms with van der Waals surface area (Å²) in [6.07, 6.45) is 1.81. The Morgan fingerprint density at radius 3 is 2.78 bits per heavy atom. The SMILES string of the molecule is CC(CC(=O)NCC(O)c1cccc(F)c1)C1CCNCC1.Cl. The fourth-order valence-electron chi connectivity index (χ4n) is 2.99. The van der Waals surface area contributed by atoms with E-state index in [0.717, 1.165) is 25.9 Å². The monoisotopic (exact) mass is 344 g/mol. The van der Waals surface area contributed by atoms with Gasteiger partial charge >= 0.3 is 0 Å². The van der Waals surface area contributed by atoms with E-state index in [2.05, 4.69) is 17.6 Å². The average Bonchev–Trinajstić information content (AvgIpc) is 2.53. The van der Waals surface area contributed by atoms with Gasteiger partial charge in [0.15, 0.2) is 0 Å². The number of benzene rings is 1. The molecule has 2 rings (SSSR count). The van der Waals surface area contributed by atoms with E-state index in [9.17, 15) is 14.3 Å². The first-order valence-corrected chi connectivity index (χ1v) is 7.97. The summed E-state index contributed by atoms with van der Waals surface area (Å²) in [5, 5.41) is 16.1. The summed E-state index contributed by atoms with van der Waals surface area (Å²) in [4.78, 5) is 12.0. The Labute approximate surface area is 143 Å². The molecule has 130 valence electrons. The van der Waals surface area contributed by atoms with E-state index in [-0.39, 0.29) is 30.7 Å². The summed E-state index contributed by atoms with van der Waals surface area (Å²) in [6, 6.07) is 5.82. The average molecular weight is 345 g/mol. The van der Waals surface area contributed by atoms with Crippen LogP contribution in [0.3, 0.4) is 0 Å². The molecule has 0 aliphatic carbocycles. The van der Waals surface area contributed by atoms with Gasteiger partial charge in [0.2, 0.25) is 5.91 Å². The molecule has 4 nitrogen and oxygen atoms in total. The topological polar surface area (TPSA) is 61.4 Å². The van der Waals surface area contributed by atoms with Crippen LogP contribution in [0, 0.1) is 17.7 Å². The van der Waals surface area contributed by atoms with Crippen molar-refractivity contribution in [3.8, 4) is 0 Å². The zero-order chi connectivity index (χ0) is 15.9. The first-order valence-electron chi connectivity index (χ1n) is 7.97. The molecule has 0 radical (unpaired) electrons. The van der Waals surface area contributed by atoms with Gasteiger partial charge in [0.25, 0.3) is 0 Å². The Morgan fingerprint density at radius 1 is 1.43 bits per heavy atom. The molecule has 23 heavy (non-hydrogen) atoms. The number of aliphatic hydroxyl groups is 1. The lowest BCUT2D eigenvalue weighted by Gasteiger charge is -2.28. The summed E-state index contributed by atoms with van der Waals surface area (Å²) in [6.45, 7) is 4.27. The molecule has 1 heterocycles. The van der Waals surface area contributed by atoms with Crippen molar-refractivity contribution < 1.29 is 14.3 Å². The third-order valence-corrected chi connectivity index (χ3v) is 4.42. The molecule has 1 saturated heterocycles. The van der Waals surface area contributed by atoms with Gasteiger partial charge in [-0.2, -0.15) is 0 Å². The minimum absolute atomic E-state index is 0. The number of nitrogens with one attached hydrogen (secondary N) is 2. The summed E-state index contributed by atoms with van der Waals surface area (Å²) in [7, 11) is 0. The van der Waals surface area contributed by atoms with E-state index in [1.807, 2.05) is 0 Å². The van der Waals surface area contributed by atoms with Crippen molar-refractivity contribution in [2.75, 3.05) is 19.6 Å². The summed E-state index contributed by atoms with van der Waals surface area (Å²) in [5.41, 5.74) is 0.478. The second kappa shape index (κ2) is 9.85. The zero-order valence-corrected chi connectivity index (χ0v) is 14.2. The van der Waals surface area contributed by atoms with Crippen LogP contribution >= 0.6 is 12.4 Å². The molecular weight excluding hydrogens is 319 g/mol. The first kappa shape index (κ1) is 19.9. The van der Waals surface area contributed by atoms with Gasteiger partial charge in [0.05, 0.1) is 6.10 Å². The number of aliphatic hydroxyl groups excluding tert-OH is 1. The fraction of sp³-hybridized carbons (Fsp3) is 0.588. The van der Waals surface area contributed by atoms with E-state index in [1.165, 1.54) is 12.1 Å². The molecule has 2 unspecified atom stereocenters. The van der Waals surface area contributed by atoms with Crippen LogP contribution in [-0.4, -0.2) is 30.6 Å². The highest BCUT2D eigenvalue weighted by Crippen LogP contribution is 2.24. The third-order valence-electron chi connectivity index (χ3n) is 4.42. The molecule has 1 aromatic carbocycles. The molecule has 0 spiro atoms. The van der Waals surface area contributed by atoms with Gasteiger partial charge in [-0.1, -0.05) is 19.1 Å². The maximum atomic E-state index is 13.1. The van der Waals surface area contributed by atoms with E-state index < -0.39 is 6.10 Å². The first-order chi connectivity index (χ1) is 10.6. The Balaban J connectivity index is 0.00000264. The molecule has 3 N–H and O–H groups in total.